The summed E-state index contributed by atoms with van der Waals surface area (Å²) in [6.07, 6.45) is 3.92. The Morgan fingerprint density at radius 1 is 1.31 bits per heavy atom. The average molecular weight is 372 g/mol. The predicted molar refractivity (Wildman–Crippen MR) is 94.3 cm³/mol. The van der Waals surface area contributed by atoms with Gasteiger partial charge in [-0.05, 0) is 37.1 Å². The number of benzene rings is 1. The minimum atomic E-state index is -0.413. The molecule has 1 aliphatic rings. The van der Waals surface area contributed by atoms with Crippen molar-refractivity contribution in [3.8, 4) is 5.69 Å². The third-order valence-electron chi connectivity index (χ3n) is 4.07. The van der Waals surface area contributed by atoms with Gasteiger partial charge in [-0.1, -0.05) is 17.8 Å². The first-order valence-corrected chi connectivity index (χ1v) is 9.23. The Kier molecular flexibility index (Phi) is 4.46. The average Bonchev–Trinajstić information content (AvgIpc) is 3.20. The summed E-state index contributed by atoms with van der Waals surface area (Å²) in [5, 5.41) is 13.5. The fourth-order valence-electron chi connectivity index (χ4n) is 2.69. The third-order valence-corrected chi connectivity index (χ3v) is 5.07. The van der Waals surface area contributed by atoms with E-state index in [0.717, 1.165) is 24.4 Å². The minimum absolute atomic E-state index is 0.0822. The highest BCUT2D eigenvalue weighted by atomic mass is 32.2. The number of hydrogen-bond acceptors (Lipinski definition) is 5. The summed E-state index contributed by atoms with van der Waals surface area (Å²) in [5.41, 5.74) is 6.84. The summed E-state index contributed by atoms with van der Waals surface area (Å²) in [6, 6.07) is 8.13. The van der Waals surface area contributed by atoms with E-state index in [0.29, 0.717) is 22.5 Å². The Bertz CT molecular complexity index is 948. The van der Waals surface area contributed by atoms with Gasteiger partial charge in [0, 0.05) is 17.9 Å². The molecule has 0 atom stereocenters. The molecule has 3 aromatic rings. The van der Waals surface area contributed by atoms with Gasteiger partial charge in [-0.15, -0.1) is 10.2 Å². The van der Waals surface area contributed by atoms with Gasteiger partial charge in [-0.25, -0.2) is 9.07 Å². The van der Waals surface area contributed by atoms with E-state index in [1.807, 2.05) is 6.07 Å². The lowest BCUT2D eigenvalue weighted by molar-refractivity contribution is -0.118. The molecule has 0 radical (unpaired) electrons. The molecule has 1 amide bonds. The molecular weight excluding hydrogens is 355 g/mol. The van der Waals surface area contributed by atoms with E-state index in [-0.39, 0.29) is 12.4 Å². The van der Waals surface area contributed by atoms with Crippen LogP contribution in [0.2, 0.25) is 0 Å². The van der Waals surface area contributed by atoms with Crippen LogP contribution in [0.15, 0.2) is 41.7 Å². The molecular formula is C17H17FN6OS. The maximum atomic E-state index is 13.3. The molecule has 134 valence electrons. The van der Waals surface area contributed by atoms with Crippen LogP contribution >= 0.6 is 11.8 Å². The van der Waals surface area contributed by atoms with Crippen LogP contribution in [-0.2, 0) is 17.1 Å². The van der Waals surface area contributed by atoms with Gasteiger partial charge in [0.25, 0.3) is 0 Å². The Hall–Kier alpha value is -2.68. The highest BCUT2D eigenvalue weighted by Crippen LogP contribution is 2.40. The van der Waals surface area contributed by atoms with E-state index in [2.05, 4.69) is 15.3 Å². The summed E-state index contributed by atoms with van der Waals surface area (Å²) in [6.45, 7) is 0.0822. The van der Waals surface area contributed by atoms with Crippen molar-refractivity contribution in [2.45, 2.75) is 36.2 Å². The van der Waals surface area contributed by atoms with E-state index in [1.165, 1.54) is 23.9 Å². The number of nitrogens with zero attached hydrogens (tertiary/aromatic N) is 5. The number of carbonyl (C=O) groups excluding carboxylic acids is 1. The van der Waals surface area contributed by atoms with E-state index in [4.69, 9.17) is 5.73 Å². The second-order valence-corrected chi connectivity index (χ2v) is 7.13. The molecule has 1 fully saturated rings. The van der Waals surface area contributed by atoms with Gasteiger partial charge >= 0.3 is 0 Å². The highest BCUT2D eigenvalue weighted by molar-refractivity contribution is 7.98. The molecule has 7 nitrogen and oxygen atoms in total. The maximum absolute atomic E-state index is 13.3. The molecule has 9 heteroatoms. The Morgan fingerprint density at radius 2 is 2.15 bits per heavy atom. The molecule has 0 unspecified atom stereocenters. The zero-order valence-electron chi connectivity index (χ0n) is 13.9. The van der Waals surface area contributed by atoms with Crippen molar-refractivity contribution in [1.29, 1.82) is 0 Å². The van der Waals surface area contributed by atoms with Crippen molar-refractivity contribution in [2.75, 3.05) is 0 Å². The smallest absolute Gasteiger partial charge is 0.237 e. The fraction of sp³-hybridized carbons (Fsp3) is 0.294. The largest absolute Gasteiger partial charge is 0.368 e. The van der Waals surface area contributed by atoms with Crippen LogP contribution in [-0.4, -0.2) is 30.5 Å². The molecule has 0 aliphatic heterocycles. The quantitative estimate of drug-likeness (QED) is 0.642. The van der Waals surface area contributed by atoms with E-state index >= 15 is 0 Å². The first kappa shape index (κ1) is 16.8. The van der Waals surface area contributed by atoms with Gasteiger partial charge in [0.2, 0.25) is 5.91 Å². The minimum Gasteiger partial charge on any atom is -0.368 e. The molecule has 4 rings (SSSR count). The molecule has 0 saturated heterocycles. The van der Waals surface area contributed by atoms with Gasteiger partial charge < -0.3 is 5.73 Å². The number of hydrogen-bond donors (Lipinski definition) is 1. The van der Waals surface area contributed by atoms with Gasteiger partial charge in [0.15, 0.2) is 5.16 Å². The number of thioether (sulfide) groups is 1. The second kappa shape index (κ2) is 6.91. The Labute approximate surface area is 153 Å². The monoisotopic (exact) mass is 372 g/mol. The molecule has 2 N–H and O–H groups in total. The number of carbonyl (C=O) groups is 1. The van der Waals surface area contributed by atoms with Crippen molar-refractivity contribution in [3.63, 3.8) is 0 Å². The number of rotatable bonds is 7. The zero-order chi connectivity index (χ0) is 18.1. The SMILES string of the molecule is NC(=O)Cn1c(SCc2ccn(-c3cccc(F)c3)n2)nnc1C1CC1. The van der Waals surface area contributed by atoms with Crippen LogP contribution in [0.25, 0.3) is 5.69 Å². The van der Waals surface area contributed by atoms with E-state index < -0.39 is 5.91 Å². The fourth-order valence-corrected chi connectivity index (χ4v) is 3.54. The van der Waals surface area contributed by atoms with Gasteiger partial charge in [-0.3, -0.25) is 9.36 Å². The summed E-state index contributed by atoms with van der Waals surface area (Å²) >= 11 is 1.45. The van der Waals surface area contributed by atoms with Crippen molar-refractivity contribution >= 4 is 17.7 Å². The molecule has 2 heterocycles. The second-order valence-electron chi connectivity index (χ2n) is 6.19. The predicted octanol–water partition coefficient (Wildman–Crippen LogP) is 2.26. The molecule has 1 aliphatic carbocycles. The van der Waals surface area contributed by atoms with Crippen molar-refractivity contribution < 1.29 is 9.18 Å². The van der Waals surface area contributed by atoms with Gasteiger partial charge in [0.05, 0.1) is 11.4 Å². The van der Waals surface area contributed by atoms with E-state index in [1.54, 1.807) is 27.6 Å². The highest BCUT2D eigenvalue weighted by Gasteiger charge is 2.30. The number of aromatic nitrogens is 5. The number of amides is 1. The first-order valence-electron chi connectivity index (χ1n) is 8.25. The van der Waals surface area contributed by atoms with Crippen LogP contribution in [0.4, 0.5) is 4.39 Å². The standard InChI is InChI=1S/C17H17FN6OS/c18-12-2-1-3-14(8-12)24-7-6-13(22-24)10-26-17-21-20-16(11-4-5-11)23(17)9-15(19)25/h1-3,6-8,11H,4-5,9-10H2,(H2,19,25). The Morgan fingerprint density at radius 3 is 2.88 bits per heavy atom. The van der Waals surface area contributed by atoms with Crippen LogP contribution in [0.5, 0.6) is 0 Å². The maximum Gasteiger partial charge on any atom is 0.237 e. The normalized spacial score (nSPS) is 13.9. The lowest BCUT2D eigenvalue weighted by Crippen LogP contribution is -2.20. The van der Waals surface area contributed by atoms with Crippen molar-refractivity contribution in [1.82, 2.24) is 24.5 Å². The molecule has 0 bridgehead atoms. The van der Waals surface area contributed by atoms with Crippen molar-refractivity contribution in [3.05, 3.63) is 53.9 Å². The lowest BCUT2D eigenvalue weighted by Gasteiger charge is -2.06. The topological polar surface area (TPSA) is 91.6 Å². The van der Waals surface area contributed by atoms with Gasteiger partial charge in [0.1, 0.15) is 18.2 Å². The summed E-state index contributed by atoms with van der Waals surface area (Å²) in [4.78, 5) is 11.4. The van der Waals surface area contributed by atoms with Crippen LogP contribution in [0.1, 0.15) is 30.3 Å². The van der Waals surface area contributed by atoms with Crippen LogP contribution < -0.4 is 5.73 Å². The van der Waals surface area contributed by atoms with Gasteiger partial charge in [-0.2, -0.15) is 5.10 Å². The molecule has 1 saturated carbocycles. The molecule has 0 spiro atoms. The zero-order valence-corrected chi connectivity index (χ0v) is 14.7. The number of primary amides is 1. The molecule has 1 aromatic carbocycles. The van der Waals surface area contributed by atoms with Crippen LogP contribution in [0.3, 0.4) is 0 Å². The molecule has 26 heavy (non-hydrogen) atoms. The first-order chi connectivity index (χ1) is 12.6. The third kappa shape index (κ3) is 3.62. The van der Waals surface area contributed by atoms with Crippen LogP contribution in [0, 0.1) is 5.82 Å². The summed E-state index contributed by atoms with van der Waals surface area (Å²) in [7, 11) is 0. The van der Waals surface area contributed by atoms with Crippen molar-refractivity contribution in [2.24, 2.45) is 5.73 Å². The summed E-state index contributed by atoms with van der Waals surface area (Å²) < 4.78 is 16.8. The van der Waals surface area contributed by atoms with E-state index in [9.17, 15) is 9.18 Å². The molecule has 2 aromatic heterocycles. The number of nitrogens with two attached hydrogens (primary N) is 1. The number of halogens is 1. The Balaban J connectivity index is 1.49. The lowest BCUT2D eigenvalue weighted by atomic mass is 10.3. The summed E-state index contributed by atoms with van der Waals surface area (Å²) in [5.74, 6) is 1.05.